The molecule has 0 unspecified atom stereocenters. The van der Waals surface area contributed by atoms with Crippen molar-refractivity contribution < 1.29 is 20.1 Å². The van der Waals surface area contributed by atoms with Crippen molar-refractivity contribution in [2.24, 2.45) is 5.73 Å². The lowest BCUT2D eigenvalue weighted by Crippen LogP contribution is -2.52. The lowest BCUT2D eigenvalue weighted by atomic mass is 10.0. The van der Waals surface area contributed by atoms with Crippen LogP contribution in [0.5, 0.6) is 0 Å². The van der Waals surface area contributed by atoms with Gasteiger partial charge in [-0.05, 0) is 0 Å². The molecular formula is C6H13NO4. The van der Waals surface area contributed by atoms with Crippen LogP contribution in [0.15, 0.2) is 0 Å². The van der Waals surface area contributed by atoms with Crippen LogP contribution >= 0.6 is 0 Å². The summed E-state index contributed by atoms with van der Waals surface area (Å²) in [5.41, 5.74) is 5.35. The van der Waals surface area contributed by atoms with Crippen LogP contribution in [0.2, 0.25) is 0 Å². The van der Waals surface area contributed by atoms with Crippen LogP contribution in [-0.4, -0.2) is 46.5 Å². The Bertz CT molecular complexity index is 132. The van der Waals surface area contributed by atoms with Gasteiger partial charge in [0.2, 0.25) is 0 Å². The van der Waals surface area contributed by atoms with Gasteiger partial charge in [-0.2, -0.15) is 0 Å². The van der Waals surface area contributed by atoms with Crippen molar-refractivity contribution >= 4 is 0 Å². The Hall–Kier alpha value is -0.200. The summed E-state index contributed by atoms with van der Waals surface area (Å²) in [6.45, 7) is -0.327. The zero-order chi connectivity index (χ0) is 8.43. The zero-order valence-electron chi connectivity index (χ0n) is 6.05. The van der Waals surface area contributed by atoms with Gasteiger partial charge in [0.05, 0.1) is 12.7 Å². The Morgan fingerprint density at radius 1 is 1.45 bits per heavy atom. The minimum Gasteiger partial charge on any atom is -0.394 e. The van der Waals surface area contributed by atoms with Crippen LogP contribution in [0.3, 0.4) is 0 Å². The minimum absolute atomic E-state index is 0.206. The first-order valence-electron chi connectivity index (χ1n) is 3.53. The highest BCUT2D eigenvalue weighted by Gasteiger charge is 2.34. The number of nitrogens with two attached hydrogens (primary N) is 1. The fourth-order valence-corrected chi connectivity index (χ4v) is 1.14. The van der Waals surface area contributed by atoms with Gasteiger partial charge >= 0.3 is 0 Å². The summed E-state index contributed by atoms with van der Waals surface area (Å²) in [5.74, 6) is 0. The molecule has 1 saturated heterocycles. The smallest absolute Gasteiger partial charge is 0.111 e. The molecule has 0 saturated carbocycles. The number of rotatable bonds is 1. The molecule has 1 aliphatic rings. The molecule has 5 nitrogen and oxygen atoms in total. The molecule has 11 heavy (non-hydrogen) atoms. The highest BCUT2D eigenvalue weighted by molar-refractivity contribution is 4.82. The van der Waals surface area contributed by atoms with Gasteiger partial charge in [-0.15, -0.1) is 0 Å². The molecule has 0 aromatic carbocycles. The Labute approximate surface area is 64.4 Å². The van der Waals surface area contributed by atoms with Gasteiger partial charge in [0.15, 0.2) is 0 Å². The van der Waals surface area contributed by atoms with Crippen molar-refractivity contribution in [3.05, 3.63) is 0 Å². The van der Waals surface area contributed by atoms with E-state index in [4.69, 9.17) is 25.8 Å². The molecule has 0 radical (unpaired) electrons. The molecule has 1 fully saturated rings. The zero-order valence-corrected chi connectivity index (χ0v) is 6.05. The van der Waals surface area contributed by atoms with Crippen molar-refractivity contribution in [2.75, 3.05) is 6.61 Å². The van der Waals surface area contributed by atoms with E-state index in [2.05, 4.69) is 0 Å². The summed E-state index contributed by atoms with van der Waals surface area (Å²) < 4.78 is 4.94. The van der Waals surface area contributed by atoms with Crippen molar-refractivity contribution in [3.8, 4) is 0 Å². The third-order valence-electron chi connectivity index (χ3n) is 1.78. The van der Waals surface area contributed by atoms with E-state index in [0.29, 0.717) is 0 Å². The first kappa shape index (κ1) is 8.89. The molecule has 0 amide bonds. The van der Waals surface area contributed by atoms with Crippen molar-refractivity contribution in [1.82, 2.24) is 0 Å². The SMILES string of the molecule is N[C@H]1C[C@@H](O)[C@@H](O)[C@@H](CO)O1. The van der Waals surface area contributed by atoms with Crippen molar-refractivity contribution in [1.29, 1.82) is 0 Å². The Morgan fingerprint density at radius 2 is 2.09 bits per heavy atom. The molecule has 5 N–H and O–H groups in total. The summed E-state index contributed by atoms with van der Waals surface area (Å²) in [7, 11) is 0. The maximum atomic E-state index is 9.16. The number of hydrogen-bond acceptors (Lipinski definition) is 5. The normalized spacial score (nSPS) is 45.8. The number of ether oxygens (including phenoxy) is 1. The Kier molecular flexibility index (Phi) is 2.80. The van der Waals surface area contributed by atoms with E-state index in [1.54, 1.807) is 0 Å². The summed E-state index contributed by atoms with van der Waals surface area (Å²) in [5, 5.41) is 26.9. The molecule has 1 rings (SSSR count). The third-order valence-corrected chi connectivity index (χ3v) is 1.78. The fourth-order valence-electron chi connectivity index (χ4n) is 1.14. The molecule has 5 heteroatoms. The maximum Gasteiger partial charge on any atom is 0.111 e. The summed E-state index contributed by atoms with van der Waals surface area (Å²) in [6.07, 6.45) is -3.06. The third kappa shape index (κ3) is 1.88. The number of hydrogen-bond donors (Lipinski definition) is 4. The van der Waals surface area contributed by atoms with Crippen LogP contribution in [0.4, 0.5) is 0 Å². The van der Waals surface area contributed by atoms with Crippen molar-refractivity contribution in [2.45, 2.75) is 31.0 Å². The van der Waals surface area contributed by atoms with Gasteiger partial charge < -0.3 is 25.8 Å². The highest BCUT2D eigenvalue weighted by Crippen LogP contribution is 2.16. The number of aliphatic hydroxyl groups is 3. The summed E-state index contributed by atoms with van der Waals surface area (Å²) in [4.78, 5) is 0. The molecule has 0 bridgehead atoms. The fraction of sp³-hybridized carbons (Fsp3) is 1.00. The molecule has 0 spiro atoms. The van der Waals surface area contributed by atoms with E-state index >= 15 is 0 Å². The molecule has 1 aliphatic heterocycles. The second kappa shape index (κ2) is 3.46. The van der Waals surface area contributed by atoms with E-state index in [1.165, 1.54) is 0 Å². The van der Waals surface area contributed by atoms with Gasteiger partial charge in [0.25, 0.3) is 0 Å². The first-order chi connectivity index (χ1) is 5.15. The predicted octanol–water partition coefficient (Wildman–Crippen LogP) is -2.23. The predicted molar refractivity (Wildman–Crippen MR) is 36.6 cm³/mol. The Morgan fingerprint density at radius 3 is 2.64 bits per heavy atom. The lowest BCUT2D eigenvalue weighted by Gasteiger charge is -2.34. The molecule has 0 aromatic heterocycles. The second-order valence-corrected chi connectivity index (χ2v) is 2.69. The van der Waals surface area contributed by atoms with Crippen LogP contribution in [-0.2, 0) is 4.74 Å². The van der Waals surface area contributed by atoms with E-state index in [1.807, 2.05) is 0 Å². The van der Waals surface area contributed by atoms with E-state index < -0.39 is 24.5 Å². The molecule has 1 heterocycles. The second-order valence-electron chi connectivity index (χ2n) is 2.69. The number of aliphatic hydroxyl groups excluding tert-OH is 3. The monoisotopic (exact) mass is 163 g/mol. The Balaban J connectivity index is 2.51. The lowest BCUT2D eigenvalue weighted by molar-refractivity contribution is -0.177. The average molecular weight is 163 g/mol. The summed E-state index contributed by atoms with van der Waals surface area (Å²) in [6, 6.07) is 0. The van der Waals surface area contributed by atoms with Gasteiger partial charge in [-0.1, -0.05) is 0 Å². The van der Waals surface area contributed by atoms with E-state index in [-0.39, 0.29) is 13.0 Å². The maximum absolute atomic E-state index is 9.16. The molecular weight excluding hydrogens is 150 g/mol. The minimum atomic E-state index is -1.03. The van der Waals surface area contributed by atoms with Gasteiger partial charge in [-0.25, -0.2) is 0 Å². The van der Waals surface area contributed by atoms with E-state index in [0.717, 1.165) is 0 Å². The van der Waals surface area contributed by atoms with Crippen molar-refractivity contribution in [3.63, 3.8) is 0 Å². The molecule has 0 aliphatic carbocycles. The first-order valence-corrected chi connectivity index (χ1v) is 3.53. The molecule has 66 valence electrons. The van der Waals surface area contributed by atoms with Crippen LogP contribution in [0, 0.1) is 0 Å². The summed E-state index contributed by atoms with van der Waals surface area (Å²) >= 11 is 0. The standard InChI is InChI=1S/C6H13NO4/c7-5-1-3(9)6(10)4(2-8)11-5/h3-6,8-10H,1-2,7H2/t3-,4-,5-,6-/m1/s1. The quantitative estimate of drug-likeness (QED) is 0.351. The van der Waals surface area contributed by atoms with E-state index in [9.17, 15) is 0 Å². The highest BCUT2D eigenvalue weighted by atomic mass is 16.5. The molecule has 4 atom stereocenters. The molecule has 0 aromatic rings. The topological polar surface area (TPSA) is 95.9 Å². The average Bonchev–Trinajstić information content (AvgIpc) is 1.96. The van der Waals surface area contributed by atoms with Crippen LogP contribution in [0.1, 0.15) is 6.42 Å². The van der Waals surface area contributed by atoms with Crippen LogP contribution in [0.25, 0.3) is 0 Å². The van der Waals surface area contributed by atoms with Gasteiger partial charge in [0, 0.05) is 6.42 Å². The van der Waals surface area contributed by atoms with Crippen LogP contribution < -0.4 is 5.73 Å². The van der Waals surface area contributed by atoms with Gasteiger partial charge in [-0.3, -0.25) is 0 Å². The van der Waals surface area contributed by atoms with Gasteiger partial charge in [0.1, 0.15) is 18.4 Å². The largest absolute Gasteiger partial charge is 0.394 e.